The normalized spacial score (nSPS) is 19.4. The van der Waals surface area contributed by atoms with Crippen molar-refractivity contribution in [2.75, 3.05) is 7.11 Å². The first kappa shape index (κ1) is 13.4. The van der Waals surface area contributed by atoms with Gasteiger partial charge in [-0.3, -0.25) is 0 Å². The number of methoxy groups -OCH3 is 1. The molecule has 0 heterocycles. The SMILES string of the molecule is COc1ccc(C(C)(C)C)cc1C(N)C1(N)CC1. The van der Waals surface area contributed by atoms with Gasteiger partial charge in [0.05, 0.1) is 13.2 Å². The van der Waals surface area contributed by atoms with E-state index >= 15 is 0 Å². The molecule has 1 atom stereocenters. The third-order valence-electron chi connectivity index (χ3n) is 3.88. The fourth-order valence-electron chi connectivity index (χ4n) is 2.21. The van der Waals surface area contributed by atoms with Crippen molar-refractivity contribution in [3.63, 3.8) is 0 Å². The van der Waals surface area contributed by atoms with Gasteiger partial charge in [0, 0.05) is 11.1 Å². The first-order valence-corrected chi connectivity index (χ1v) is 6.51. The van der Waals surface area contributed by atoms with E-state index in [1.54, 1.807) is 7.11 Å². The van der Waals surface area contributed by atoms with Crippen LogP contribution >= 0.6 is 0 Å². The topological polar surface area (TPSA) is 61.3 Å². The molecule has 0 aromatic heterocycles. The first-order chi connectivity index (χ1) is 8.28. The predicted molar refractivity (Wildman–Crippen MR) is 74.8 cm³/mol. The molecular formula is C15H24N2O. The molecule has 100 valence electrons. The standard InChI is InChI=1S/C15H24N2O/c1-14(2,3)10-5-6-12(18-4)11(9-10)13(16)15(17)7-8-15/h5-6,9,13H,7-8,16-17H2,1-4H3. The van der Waals surface area contributed by atoms with Crippen molar-refractivity contribution in [2.45, 2.75) is 50.6 Å². The quantitative estimate of drug-likeness (QED) is 0.864. The molecule has 1 unspecified atom stereocenters. The lowest BCUT2D eigenvalue weighted by molar-refractivity contribution is 0.397. The second-order valence-electron chi connectivity index (χ2n) is 6.42. The van der Waals surface area contributed by atoms with Gasteiger partial charge in [0.2, 0.25) is 0 Å². The first-order valence-electron chi connectivity index (χ1n) is 6.51. The number of ether oxygens (including phenoxy) is 1. The van der Waals surface area contributed by atoms with Crippen LogP contribution in [-0.4, -0.2) is 12.6 Å². The fourth-order valence-corrected chi connectivity index (χ4v) is 2.21. The summed E-state index contributed by atoms with van der Waals surface area (Å²) >= 11 is 0. The highest BCUT2D eigenvalue weighted by Gasteiger charge is 2.45. The van der Waals surface area contributed by atoms with Crippen LogP contribution in [0.25, 0.3) is 0 Å². The average molecular weight is 248 g/mol. The monoisotopic (exact) mass is 248 g/mol. The largest absolute Gasteiger partial charge is 0.496 e. The highest BCUT2D eigenvalue weighted by Crippen LogP contribution is 2.45. The van der Waals surface area contributed by atoms with Crippen LogP contribution < -0.4 is 16.2 Å². The van der Waals surface area contributed by atoms with Crippen LogP contribution in [0.3, 0.4) is 0 Å². The summed E-state index contributed by atoms with van der Waals surface area (Å²) < 4.78 is 5.42. The van der Waals surface area contributed by atoms with Crippen LogP contribution in [-0.2, 0) is 5.41 Å². The lowest BCUT2D eigenvalue weighted by atomic mass is 9.84. The maximum atomic E-state index is 6.32. The minimum Gasteiger partial charge on any atom is -0.496 e. The van der Waals surface area contributed by atoms with E-state index in [-0.39, 0.29) is 17.0 Å². The predicted octanol–water partition coefficient (Wildman–Crippen LogP) is 2.48. The Kier molecular flexibility index (Phi) is 3.16. The van der Waals surface area contributed by atoms with Gasteiger partial charge in [0.1, 0.15) is 5.75 Å². The smallest absolute Gasteiger partial charge is 0.123 e. The fraction of sp³-hybridized carbons (Fsp3) is 0.600. The molecule has 0 saturated heterocycles. The van der Waals surface area contributed by atoms with Gasteiger partial charge in [-0.05, 0) is 36.0 Å². The van der Waals surface area contributed by atoms with Gasteiger partial charge in [0.25, 0.3) is 0 Å². The van der Waals surface area contributed by atoms with Crippen molar-refractivity contribution in [1.82, 2.24) is 0 Å². The Balaban J connectivity index is 2.43. The molecule has 0 aliphatic heterocycles. The number of benzene rings is 1. The summed E-state index contributed by atoms with van der Waals surface area (Å²) in [5, 5.41) is 0. The molecule has 0 amide bonds. The summed E-state index contributed by atoms with van der Waals surface area (Å²) in [5.41, 5.74) is 14.7. The molecular weight excluding hydrogens is 224 g/mol. The Bertz CT molecular complexity index is 444. The zero-order valence-electron chi connectivity index (χ0n) is 11.8. The lowest BCUT2D eigenvalue weighted by Gasteiger charge is -2.25. The number of nitrogens with two attached hydrogens (primary N) is 2. The van der Waals surface area contributed by atoms with E-state index < -0.39 is 0 Å². The van der Waals surface area contributed by atoms with Crippen LogP contribution in [0.2, 0.25) is 0 Å². The minimum absolute atomic E-state index is 0.103. The molecule has 4 N–H and O–H groups in total. The highest BCUT2D eigenvalue weighted by atomic mass is 16.5. The van der Waals surface area contributed by atoms with Gasteiger partial charge in [-0.2, -0.15) is 0 Å². The molecule has 1 saturated carbocycles. The molecule has 1 fully saturated rings. The van der Waals surface area contributed by atoms with Crippen molar-refractivity contribution >= 4 is 0 Å². The van der Waals surface area contributed by atoms with Gasteiger partial charge < -0.3 is 16.2 Å². The van der Waals surface area contributed by atoms with Crippen LogP contribution in [0, 0.1) is 0 Å². The summed E-state index contributed by atoms with van der Waals surface area (Å²) in [6.07, 6.45) is 1.99. The van der Waals surface area contributed by atoms with Crippen molar-refractivity contribution in [3.05, 3.63) is 29.3 Å². The van der Waals surface area contributed by atoms with Gasteiger partial charge >= 0.3 is 0 Å². The summed E-state index contributed by atoms with van der Waals surface area (Å²) in [5.74, 6) is 0.840. The maximum absolute atomic E-state index is 6.32. The second-order valence-corrected chi connectivity index (χ2v) is 6.42. The lowest BCUT2D eigenvalue weighted by Crippen LogP contribution is -2.36. The summed E-state index contributed by atoms with van der Waals surface area (Å²) in [7, 11) is 1.68. The molecule has 3 heteroatoms. The molecule has 1 aromatic carbocycles. The van der Waals surface area contributed by atoms with E-state index in [0.717, 1.165) is 24.2 Å². The molecule has 1 aromatic rings. The van der Waals surface area contributed by atoms with Crippen molar-refractivity contribution < 1.29 is 4.74 Å². The highest BCUT2D eigenvalue weighted by molar-refractivity contribution is 5.43. The Morgan fingerprint density at radius 2 is 1.89 bits per heavy atom. The van der Waals surface area contributed by atoms with Crippen LogP contribution in [0.1, 0.15) is 50.8 Å². The summed E-state index contributed by atoms with van der Waals surface area (Å²) in [6, 6.07) is 6.11. The van der Waals surface area contributed by atoms with Crippen molar-refractivity contribution in [3.8, 4) is 5.75 Å². The van der Waals surface area contributed by atoms with Crippen molar-refractivity contribution in [2.24, 2.45) is 11.5 Å². The van der Waals surface area contributed by atoms with E-state index in [4.69, 9.17) is 16.2 Å². The Hall–Kier alpha value is -1.06. The molecule has 0 radical (unpaired) electrons. The van der Waals surface area contributed by atoms with E-state index in [2.05, 4.69) is 32.9 Å². The molecule has 18 heavy (non-hydrogen) atoms. The minimum atomic E-state index is -0.232. The van der Waals surface area contributed by atoms with Crippen LogP contribution in [0.15, 0.2) is 18.2 Å². The number of hydrogen-bond donors (Lipinski definition) is 2. The third-order valence-corrected chi connectivity index (χ3v) is 3.88. The zero-order valence-corrected chi connectivity index (χ0v) is 11.8. The third kappa shape index (κ3) is 2.38. The van der Waals surface area contributed by atoms with E-state index in [0.29, 0.717) is 0 Å². The molecule has 1 aliphatic carbocycles. The van der Waals surface area contributed by atoms with Gasteiger partial charge in [-0.1, -0.05) is 26.8 Å². The molecule has 1 aliphatic rings. The molecule has 2 rings (SSSR count). The van der Waals surface area contributed by atoms with E-state index in [9.17, 15) is 0 Å². The summed E-state index contributed by atoms with van der Waals surface area (Å²) in [4.78, 5) is 0. The van der Waals surface area contributed by atoms with E-state index in [1.807, 2.05) is 6.07 Å². The van der Waals surface area contributed by atoms with Crippen molar-refractivity contribution in [1.29, 1.82) is 0 Å². The van der Waals surface area contributed by atoms with Crippen LogP contribution in [0.5, 0.6) is 5.75 Å². The maximum Gasteiger partial charge on any atom is 0.123 e. The number of hydrogen-bond acceptors (Lipinski definition) is 3. The van der Waals surface area contributed by atoms with Gasteiger partial charge in [0.15, 0.2) is 0 Å². The molecule has 3 nitrogen and oxygen atoms in total. The summed E-state index contributed by atoms with van der Waals surface area (Å²) in [6.45, 7) is 6.58. The van der Waals surface area contributed by atoms with Gasteiger partial charge in [-0.25, -0.2) is 0 Å². The molecule has 0 spiro atoms. The van der Waals surface area contributed by atoms with Gasteiger partial charge in [-0.15, -0.1) is 0 Å². The zero-order chi connectivity index (χ0) is 13.6. The number of rotatable bonds is 3. The van der Waals surface area contributed by atoms with Crippen LogP contribution in [0.4, 0.5) is 0 Å². The Morgan fingerprint density at radius 1 is 1.28 bits per heavy atom. The average Bonchev–Trinajstić information content (AvgIpc) is 3.05. The molecule has 0 bridgehead atoms. The second kappa shape index (κ2) is 4.25. The van der Waals surface area contributed by atoms with E-state index in [1.165, 1.54) is 5.56 Å². The Labute approximate surface area is 110 Å². The Morgan fingerprint density at radius 3 is 2.33 bits per heavy atom.